The molecule has 0 spiro atoms. The number of fused-ring (bicyclic) bond motifs is 1. The number of amides is 2. The van der Waals surface area contributed by atoms with Crippen molar-refractivity contribution in [1.82, 2.24) is 10.6 Å². The zero-order valence-electron chi connectivity index (χ0n) is 22.7. The van der Waals surface area contributed by atoms with Gasteiger partial charge in [0.15, 0.2) is 0 Å². The van der Waals surface area contributed by atoms with E-state index in [0.717, 1.165) is 23.1 Å². The maximum atomic E-state index is 12.7. The van der Waals surface area contributed by atoms with Gasteiger partial charge in [0.2, 0.25) is 0 Å². The maximum absolute atomic E-state index is 12.7. The fourth-order valence-corrected chi connectivity index (χ4v) is 3.84. The largest absolute Gasteiger partial charge is 0.460 e. The van der Waals surface area contributed by atoms with Crippen LogP contribution in [0.3, 0.4) is 0 Å². The molecule has 2 N–H and O–H groups in total. The molecular weight excluding hydrogens is 484 g/mol. The van der Waals surface area contributed by atoms with E-state index in [1.807, 2.05) is 36.4 Å². The number of unbranched alkanes of at least 4 members (excludes halogenated alkanes) is 1. The Morgan fingerprint density at radius 3 is 2.61 bits per heavy atom. The van der Waals surface area contributed by atoms with Gasteiger partial charge in [0.25, 0.3) is 0 Å². The molecule has 0 saturated carbocycles. The van der Waals surface area contributed by atoms with Crippen molar-refractivity contribution in [2.75, 3.05) is 19.8 Å². The highest BCUT2D eigenvalue weighted by Gasteiger charge is 2.25. The van der Waals surface area contributed by atoms with Crippen LogP contribution in [-0.2, 0) is 25.4 Å². The second-order valence-corrected chi connectivity index (χ2v) is 9.96. The van der Waals surface area contributed by atoms with E-state index in [0.29, 0.717) is 25.8 Å². The molecule has 0 bridgehead atoms. The highest BCUT2D eigenvalue weighted by molar-refractivity contribution is 5.81. The highest BCUT2D eigenvalue weighted by atomic mass is 16.6. The topological polar surface area (TPSA) is 103 Å². The minimum Gasteiger partial charge on any atom is -0.460 e. The molecule has 0 radical (unpaired) electrons. The number of nitrogens with one attached hydrogen (secondary N) is 2. The molecule has 38 heavy (non-hydrogen) atoms. The lowest BCUT2D eigenvalue weighted by molar-refractivity contribution is -0.145. The lowest BCUT2D eigenvalue weighted by atomic mass is 9.88. The zero-order chi connectivity index (χ0) is 28.0. The Kier molecular flexibility index (Phi) is 12.4. The van der Waals surface area contributed by atoms with Crippen molar-refractivity contribution in [3.05, 3.63) is 84.5 Å². The molecule has 206 valence electrons. The minimum atomic E-state index is -0.899. The first kappa shape index (κ1) is 30.4. The summed E-state index contributed by atoms with van der Waals surface area (Å²) in [6, 6.07) is 7.10. The summed E-state index contributed by atoms with van der Waals surface area (Å²) in [4.78, 5) is 37.1. The molecule has 0 saturated heterocycles. The van der Waals surface area contributed by atoms with Crippen LogP contribution in [0.2, 0.25) is 0 Å². The van der Waals surface area contributed by atoms with Crippen molar-refractivity contribution in [2.45, 2.75) is 64.0 Å². The SMILES string of the molecule is C=CCOC(=O)C(CCCCNC(=O)OC(C)(C)C)NC(=O)OCC1C(=C)/C=C\C=C/Cc2ccccc21. The van der Waals surface area contributed by atoms with E-state index < -0.39 is 29.8 Å². The molecule has 1 aromatic carbocycles. The number of hydrogen-bond acceptors (Lipinski definition) is 6. The third-order valence-corrected chi connectivity index (χ3v) is 5.66. The fraction of sp³-hybridized carbons (Fsp3) is 0.433. The number of benzene rings is 1. The van der Waals surface area contributed by atoms with Gasteiger partial charge in [0, 0.05) is 12.5 Å². The van der Waals surface area contributed by atoms with E-state index in [4.69, 9.17) is 14.2 Å². The molecule has 1 aliphatic carbocycles. The van der Waals surface area contributed by atoms with E-state index in [9.17, 15) is 14.4 Å². The Hall–Kier alpha value is -3.81. The maximum Gasteiger partial charge on any atom is 0.407 e. The van der Waals surface area contributed by atoms with Gasteiger partial charge in [-0.3, -0.25) is 0 Å². The van der Waals surface area contributed by atoms with Crippen LogP contribution in [0, 0.1) is 0 Å². The summed E-state index contributed by atoms with van der Waals surface area (Å²) in [5, 5.41) is 5.31. The smallest absolute Gasteiger partial charge is 0.407 e. The number of carbonyl (C=O) groups is 3. The number of hydrogen-bond donors (Lipinski definition) is 2. The second kappa shape index (κ2) is 15.4. The molecule has 8 heteroatoms. The summed E-state index contributed by atoms with van der Waals surface area (Å²) in [6.07, 6.45) is 10.3. The van der Waals surface area contributed by atoms with Crippen LogP contribution in [0.25, 0.3) is 0 Å². The molecule has 2 amide bonds. The summed E-state index contributed by atoms with van der Waals surface area (Å²) in [6.45, 7) is 13.6. The summed E-state index contributed by atoms with van der Waals surface area (Å²) < 4.78 is 15.9. The first-order valence-corrected chi connectivity index (χ1v) is 12.9. The van der Waals surface area contributed by atoms with Crippen LogP contribution < -0.4 is 10.6 Å². The fourth-order valence-electron chi connectivity index (χ4n) is 3.84. The number of alkyl carbamates (subject to hydrolysis) is 2. The van der Waals surface area contributed by atoms with Crippen LogP contribution in [0.15, 0.2) is 73.4 Å². The molecule has 0 fully saturated rings. The average Bonchev–Trinajstić information content (AvgIpc) is 2.92. The van der Waals surface area contributed by atoms with Crippen LogP contribution in [-0.4, -0.2) is 49.6 Å². The van der Waals surface area contributed by atoms with Crippen LogP contribution in [0.5, 0.6) is 0 Å². The minimum absolute atomic E-state index is 0.0330. The van der Waals surface area contributed by atoms with Crippen LogP contribution in [0.4, 0.5) is 9.59 Å². The van der Waals surface area contributed by atoms with Crippen molar-refractivity contribution < 1.29 is 28.6 Å². The molecule has 2 unspecified atom stereocenters. The van der Waals surface area contributed by atoms with Gasteiger partial charge in [-0.25, -0.2) is 14.4 Å². The predicted octanol–water partition coefficient (Wildman–Crippen LogP) is 5.51. The van der Waals surface area contributed by atoms with E-state index >= 15 is 0 Å². The Labute approximate surface area is 225 Å². The highest BCUT2D eigenvalue weighted by Crippen LogP contribution is 2.29. The van der Waals surface area contributed by atoms with E-state index in [-0.39, 0.29) is 19.1 Å². The molecule has 0 heterocycles. The standard InChI is InChI=1S/C30H40N2O6/c1-6-20-36-27(33)26(18-12-13-19-31-28(34)38-30(3,4)5)32-29(35)37-21-25-22(2)14-8-7-9-15-23-16-10-11-17-24(23)25/h6-11,14,16-17,25-26H,1-2,12-13,15,18-21H2,3-5H3,(H,31,34)(H,32,35)/b9-7-,14-8-. The van der Waals surface area contributed by atoms with Gasteiger partial charge in [-0.05, 0) is 63.2 Å². The number of carbonyl (C=O) groups excluding carboxylic acids is 3. The molecule has 8 nitrogen and oxygen atoms in total. The quantitative estimate of drug-likeness (QED) is 0.171. The summed E-state index contributed by atoms with van der Waals surface area (Å²) in [5.41, 5.74) is 2.41. The third kappa shape index (κ3) is 11.1. The van der Waals surface area contributed by atoms with E-state index in [1.165, 1.54) is 6.08 Å². The average molecular weight is 525 g/mol. The first-order chi connectivity index (χ1) is 18.1. The molecular formula is C30H40N2O6. The van der Waals surface area contributed by atoms with Crippen molar-refractivity contribution in [3.8, 4) is 0 Å². The molecule has 2 atom stereocenters. The molecule has 1 aromatic rings. The van der Waals surface area contributed by atoms with Crippen LogP contribution >= 0.6 is 0 Å². The number of esters is 1. The first-order valence-electron chi connectivity index (χ1n) is 12.9. The van der Waals surface area contributed by atoms with Gasteiger partial charge in [-0.1, -0.05) is 67.8 Å². The Balaban J connectivity index is 1.94. The van der Waals surface area contributed by atoms with Gasteiger partial charge >= 0.3 is 18.2 Å². The van der Waals surface area contributed by atoms with E-state index in [1.54, 1.807) is 20.8 Å². The van der Waals surface area contributed by atoms with Gasteiger partial charge in [0.05, 0.1) is 0 Å². The van der Waals surface area contributed by atoms with Gasteiger partial charge in [0.1, 0.15) is 24.9 Å². The number of allylic oxidation sites excluding steroid dienone is 4. The summed E-state index contributed by atoms with van der Waals surface area (Å²) in [7, 11) is 0. The van der Waals surface area contributed by atoms with Crippen molar-refractivity contribution in [1.29, 1.82) is 0 Å². The monoisotopic (exact) mass is 524 g/mol. The van der Waals surface area contributed by atoms with Crippen molar-refractivity contribution in [3.63, 3.8) is 0 Å². The third-order valence-electron chi connectivity index (χ3n) is 5.66. The van der Waals surface area contributed by atoms with E-state index in [2.05, 4.69) is 35.9 Å². The molecule has 0 aliphatic heterocycles. The second-order valence-electron chi connectivity index (χ2n) is 9.96. The number of rotatable bonds is 11. The lowest BCUT2D eigenvalue weighted by Gasteiger charge is -2.22. The Bertz CT molecular complexity index is 1040. The predicted molar refractivity (Wildman–Crippen MR) is 148 cm³/mol. The van der Waals surface area contributed by atoms with Gasteiger partial charge in [-0.15, -0.1) is 0 Å². The van der Waals surface area contributed by atoms with Crippen molar-refractivity contribution >= 4 is 18.2 Å². The normalized spacial score (nSPS) is 17.3. The van der Waals surface area contributed by atoms with Gasteiger partial charge in [-0.2, -0.15) is 0 Å². The van der Waals surface area contributed by atoms with Crippen LogP contribution in [0.1, 0.15) is 57.1 Å². The Morgan fingerprint density at radius 2 is 1.87 bits per heavy atom. The Morgan fingerprint density at radius 1 is 1.11 bits per heavy atom. The molecule has 1 aliphatic rings. The molecule has 0 aromatic heterocycles. The zero-order valence-corrected chi connectivity index (χ0v) is 22.7. The summed E-state index contributed by atoms with van der Waals surface area (Å²) >= 11 is 0. The number of ether oxygens (including phenoxy) is 3. The lowest BCUT2D eigenvalue weighted by Crippen LogP contribution is -2.42. The molecule has 2 rings (SSSR count). The van der Waals surface area contributed by atoms with Gasteiger partial charge < -0.3 is 24.8 Å². The summed E-state index contributed by atoms with van der Waals surface area (Å²) in [5.74, 6) is -0.800. The van der Waals surface area contributed by atoms with Crippen molar-refractivity contribution in [2.24, 2.45) is 0 Å².